The Morgan fingerprint density at radius 2 is 2.04 bits per heavy atom. The number of aliphatic hydroxyl groups excluding tert-OH is 1. The van der Waals surface area contributed by atoms with E-state index in [-0.39, 0.29) is 17.9 Å². The van der Waals surface area contributed by atoms with Crippen LogP contribution in [0.3, 0.4) is 0 Å². The van der Waals surface area contributed by atoms with Gasteiger partial charge in [-0.1, -0.05) is 12.1 Å². The zero-order valence-corrected chi connectivity index (χ0v) is 15.5. The molecule has 0 saturated carbocycles. The molecule has 6 nitrogen and oxygen atoms in total. The van der Waals surface area contributed by atoms with Crippen LogP contribution in [0.1, 0.15) is 36.2 Å². The molecule has 1 aromatic carbocycles. The second kappa shape index (κ2) is 7.41. The number of aromatic nitrogens is 1. The lowest BCUT2D eigenvalue weighted by atomic mass is 10.0. The molecule has 3 rings (SSSR count). The van der Waals surface area contributed by atoms with Crippen LogP contribution >= 0.6 is 0 Å². The summed E-state index contributed by atoms with van der Waals surface area (Å²) < 4.78 is 0. The Morgan fingerprint density at radius 3 is 2.77 bits per heavy atom. The van der Waals surface area contributed by atoms with E-state index in [0.717, 1.165) is 10.9 Å². The number of aryl methyl sites for hydroxylation is 1. The zero-order chi connectivity index (χ0) is 18.8. The van der Waals surface area contributed by atoms with E-state index in [1.54, 1.807) is 11.1 Å². The molecule has 0 bridgehead atoms. The molecule has 2 aromatic rings. The molecule has 0 spiro atoms. The Bertz CT molecular complexity index is 834. The second-order valence-corrected chi connectivity index (χ2v) is 6.99. The fourth-order valence-electron chi connectivity index (χ4n) is 3.57. The highest BCUT2D eigenvalue weighted by molar-refractivity contribution is 6.06. The summed E-state index contributed by atoms with van der Waals surface area (Å²) >= 11 is 0. The number of amides is 2. The molecular weight excluding hydrogens is 330 g/mol. The van der Waals surface area contributed by atoms with Crippen molar-refractivity contribution in [2.24, 2.45) is 0 Å². The third kappa shape index (κ3) is 3.42. The molecule has 1 N–H and O–H groups in total. The van der Waals surface area contributed by atoms with Crippen molar-refractivity contribution in [3.05, 3.63) is 41.6 Å². The lowest BCUT2D eigenvalue weighted by Gasteiger charge is -2.29. The van der Waals surface area contributed by atoms with Gasteiger partial charge in [-0.3, -0.25) is 14.6 Å². The van der Waals surface area contributed by atoms with Gasteiger partial charge in [0.05, 0.1) is 11.1 Å². The average molecular weight is 355 g/mol. The van der Waals surface area contributed by atoms with Gasteiger partial charge in [-0.05, 0) is 44.9 Å². The third-order valence-corrected chi connectivity index (χ3v) is 4.99. The summed E-state index contributed by atoms with van der Waals surface area (Å²) in [5, 5.41) is 10.5. The molecule has 1 aliphatic heterocycles. The van der Waals surface area contributed by atoms with Gasteiger partial charge in [0.2, 0.25) is 0 Å². The van der Waals surface area contributed by atoms with Crippen molar-refractivity contribution < 1.29 is 14.7 Å². The summed E-state index contributed by atoms with van der Waals surface area (Å²) in [5.41, 5.74) is 2.39. The van der Waals surface area contributed by atoms with Gasteiger partial charge in [0.1, 0.15) is 6.10 Å². The lowest BCUT2D eigenvalue weighted by molar-refractivity contribution is -0.139. The van der Waals surface area contributed by atoms with E-state index >= 15 is 0 Å². The van der Waals surface area contributed by atoms with Crippen LogP contribution in [0, 0.1) is 6.92 Å². The van der Waals surface area contributed by atoms with Gasteiger partial charge in [0.15, 0.2) is 0 Å². The molecule has 1 saturated heterocycles. The number of carbonyl (C=O) groups excluding carboxylic acids is 2. The van der Waals surface area contributed by atoms with Crippen molar-refractivity contribution in [1.29, 1.82) is 0 Å². The topological polar surface area (TPSA) is 73.7 Å². The first kappa shape index (κ1) is 18.3. The lowest BCUT2D eigenvalue weighted by Crippen LogP contribution is -2.45. The number of rotatable bonds is 2. The Labute approximate surface area is 153 Å². The highest BCUT2D eigenvalue weighted by Gasteiger charge is 2.30. The molecule has 2 unspecified atom stereocenters. The van der Waals surface area contributed by atoms with Crippen LogP contribution in [0.4, 0.5) is 0 Å². The summed E-state index contributed by atoms with van der Waals surface area (Å²) in [6, 6.07) is 7.50. The van der Waals surface area contributed by atoms with E-state index in [1.807, 2.05) is 43.0 Å². The summed E-state index contributed by atoms with van der Waals surface area (Å²) in [4.78, 5) is 33.2. The number of nitrogens with zero attached hydrogens (tertiary/aromatic N) is 3. The van der Waals surface area contributed by atoms with Crippen LogP contribution in [0.25, 0.3) is 10.9 Å². The van der Waals surface area contributed by atoms with E-state index < -0.39 is 6.10 Å². The van der Waals surface area contributed by atoms with Crippen molar-refractivity contribution >= 4 is 22.7 Å². The molecule has 1 aliphatic rings. The van der Waals surface area contributed by atoms with Gasteiger partial charge >= 0.3 is 0 Å². The van der Waals surface area contributed by atoms with E-state index in [2.05, 4.69) is 4.98 Å². The molecule has 0 aliphatic carbocycles. The van der Waals surface area contributed by atoms with E-state index in [0.29, 0.717) is 37.1 Å². The van der Waals surface area contributed by atoms with Crippen molar-refractivity contribution in [2.45, 2.75) is 39.3 Å². The number of carbonyl (C=O) groups is 2. The maximum atomic E-state index is 13.2. The normalized spacial score (nSPS) is 19.3. The Kier molecular flexibility index (Phi) is 5.23. The van der Waals surface area contributed by atoms with Crippen LogP contribution in [-0.2, 0) is 4.79 Å². The smallest absolute Gasteiger partial charge is 0.256 e. The highest BCUT2D eigenvalue weighted by Crippen LogP contribution is 2.23. The highest BCUT2D eigenvalue weighted by atomic mass is 16.3. The zero-order valence-electron chi connectivity index (χ0n) is 15.5. The minimum absolute atomic E-state index is 0.0625. The van der Waals surface area contributed by atoms with Crippen LogP contribution in [-0.4, -0.2) is 63.5 Å². The number of benzene rings is 1. The van der Waals surface area contributed by atoms with Gasteiger partial charge in [-0.25, -0.2) is 0 Å². The predicted octanol–water partition coefficient (Wildman–Crippen LogP) is 1.99. The predicted molar refractivity (Wildman–Crippen MR) is 99.9 cm³/mol. The SMILES string of the molecule is Cc1ccc(C(=O)N2CCCN(C(=O)C(C)O)CC2C)c2ncccc12. The molecule has 26 heavy (non-hydrogen) atoms. The van der Waals surface area contributed by atoms with Crippen LogP contribution in [0.5, 0.6) is 0 Å². The number of aliphatic hydroxyl groups is 1. The first-order valence-electron chi connectivity index (χ1n) is 9.02. The molecule has 2 atom stereocenters. The van der Waals surface area contributed by atoms with Gasteiger partial charge in [0.25, 0.3) is 11.8 Å². The molecule has 6 heteroatoms. The summed E-state index contributed by atoms with van der Waals surface area (Å²) in [6.45, 7) is 6.97. The van der Waals surface area contributed by atoms with E-state index in [1.165, 1.54) is 6.92 Å². The van der Waals surface area contributed by atoms with Crippen LogP contribution in [0.15, 0.2) is 30.5 Å². The van der Waals surface area contributed by atoms with E-state index in [9.17, 15) is 14.7 Å². The average Bonchev–Trinajstić information content (AvgIpc) is 2.82. The van der Waals surface area contributed by atoms with Gasteiger partial charge in [-0.2, -0.15) is 0 Å². The first-order valence-corrected chi connectivity index (χ1v) is 9.02. The summed E-state index contributed by atoms with van der Waals surface area (Å²) in [5.74, 6) is -0.346. The maximum absolute atomic E-state index is 13.2. The molecule has 1 aromatic heterocycles. The Balaban J connectivity index is 1.89. The molecule has 0 radical (unpaired) electrons. The van der Waals surface area contributed by atoms with Gasteiger partial charge in [-0.15, -0.1) is 0 Å². The van der Waals surface area contributed by atoms with Crippen LogP contribution in [0.2, 0.25) is 0 Å². The van der Waals surface area contributed by atoms with Crippen LogP contribution < -0.4 is 0 Å². The molecule has 1 fully saturated rings. The molecular formula is C20H25N3O3. The van der Waals surface area contributed by atoms with Gasteiger partial charge < -0.3 is 14.9 Å². The first-order chi connectivity index (χ1) is 12.4. The molecule has 2 amide bonds. The largest absolute Gasteiger partial charge is 0.384 e. The quantitative estimate of drug-likeness (QED) is 0.894. The van der Waals surface area contributed by atoms with Crippen molar-refractivity contribution in [2.75, 3.05) is 19.6 Å². The number of pyridine rings is 1. The molecule has 138 valence electrons. The minimum Gasteiger partial charge on any atom is -0.384 e. The molecule has 2 heterocycles. The third-order valence-electron chi connectivity index (χ3n) is 4.99. The number of fused-ring (bicyclic) bond motifs is 1. The van der Waals surface area contributed by atoms with Crippen molar-refractivity contribution in [1.82, 2.24) is 14.8 Å². The van der Waals surface area contributed by atoms with Gasteiger partial charge in [0, 0.05) is 37.3 Å². The number of hydrogen-bond acceptors (Lipinski definition) is 4. The Morgan fingerprint density at radius 1 is 1.27 bits per heavy atom. The maximum Gasteiger partial charge on any atom is 0.256 e. The monoisotopic (exact) mass is 355 g/mol. The number of hydrogen-bond donors (Lipinski definition) is 1. The Hall–Kier alpha value is -2.47. The minimum atomic E-state index is -1.02. The fraction of sp³-hybridized carbons (Fsp3) is 0.450. The van der Waals surface area contributed by atoms with Crippen molar-refractivity contribution in [3.63, 3.8) is 0 Å². The van der Waals surface area contributed by atoms with Crippen molar-refractivity contribution in [3.8, 4) is 0 Å². The summed E-state index contributed by atoms with van der Waals surface area (Å²) in [6.07, 6.45) is 1.37. The van der Waals surface area contributed by atoms with E-state index in [4.69, 9.17) is 0 Å². The second-order valence-electron chi connectivity index (χ2n) is 6.99. The standard InChI is InChI=1S/C20H25N3O3/c1-13-7-8-17(18-16(13)6-4-9-21-18)20(26)23-11-5-10-22(12-14(23)2)19(25)15(3)24/h4,6-9,14-15,24H,5,10-12H2,1-3H3. The summed E-state index contributed by atoms with van der Waals surface area (Å²) in [7, 11) is 0. The fourth-order valence-corrected chi connectivity index (χ4v) is 3.57.